The van der Waals surface area contributed by atoms with Crippen LogP contribution in [-0.4, -0.2) is 43.8 Å². The van der Waals surface area contributed by atoms with Crippen LogP contribution >= 0.6 is 11.6 Å². The topological polar surface area (TPSA) is 86.8 Å². The summed E-state index contributed by atoms with van der Waals surface area (Å²) < 4.78 is 29.3. The third-order valence-corrected chi connectivity index (χ3v) is 10.5. The molecule has 0 aromatic heterocycles. The molecule has 1 saturated carbocycles. The highest BCUT2D eigenvalue weighted by molar-refractivity contribution is 7.92. The van der Waals surface area contributed by atoms with Gasteiger partial charge in [0.1, 0.15) is 12.6 Å². The van der Waals surface area contributed by atoms with Crippen molar-refractivity contribution in [3.63, 3.8) is 0 Å². The Morgan fingerprint density at radius 3 is 2.23 bits per heavy atom. The Kier molecular flexibility index (Phi) is 10.9. The van der Waals surface area contributed by atoms with Crippen molar-refractivity contribution in [2.24, 2.45) is 0 Å². The van der Waals surface area contributed by atoms with Gasteiger partial charge in [-0.15, -0.1) is 0 Å². The Balaban J connectivity index is 1.73. The number of benzene rings is 3. The molecule has 0 spiro atoms. The van der Waals surface area contributed by atoms with E-state index in [-0.39, 0.29) is 29.1 Å². The summed E-state index contributed by atoms with van der Waals surface area (Å²) in [4.78, 5) is 29.6. The van der Waals surface area contributed by atoms with Gasteiger partial charge in [-0.3, -0.25) is 13.9 Å². The molecule has 9 heteroatoms. The average molecular weight is 624 g/mol. The molecule has 0 radical (unpaired) electrons. The predicted octanol–water partition coefficient (Wildman–Crippen LogP) is 6.72. The van der Waals surface area contributed by atoms with Crippen molar-refractivity contribution in [2.45, 2.75) is 89.7 Å². The van der Waals surface area contributed by atoms with E-state index in [1.54, 1.807) is 30.3 Å². The zero-order chi connectivity index (χ0) is 31.1. The molecule has 0 aliphatic heterocycles. The molecule has 0 heterocycles. The second-order valence-corrected chi connectivity index (χ2v) is 13.7. The van der Waals surface area contributed by atoms with Crippen LogP contribution in [0.3, 0.4) is 0 Å². The first-order valence-corrected chi connectivity index (χ1v) is 16.8. The Labute approximate surface area is 261 Å². The molecule has 3 aromatic rings. The lowest BCUT2D eigenvalue weighted by atomic mass is 9.95. The van der Waals surface area contributed by atoms with Crippen LogP contribution in [0.1, 0.15) is 67.7 Å². The Morgan fingerprint density at radius 1 is 0.930 bits per heavy atom. The minimum atomic E-state index is -4.16. The second-order valence-electron chi connectivity index (χ2n) is 11.5. The highest BCUT2D eigenvalue weighted by atomic mass is 35.5. The van der Waals surface area contributed by atoms with E-state index in [1.165, 1.54) is 17.0 Å². The fourth-order valence-electron chi connectivity index (χ4n) is 5.54. The van der Waals surface area contributed by atoms with Gasteiger partial charge in [0.05, 0.1) is 10.6 Å². The number of halogens is 1. The summed E-state index contributed by atoms with van der Waals surface area (Å²) in [5.74, 6) is -0.677. The number of aryl methyl sites for hydroxylation is 3. The Morgan fingerprint density at radius 2 is 1.60 bits per heavy atom. The van der Waals surface area contributed by atoms with E-state index < -0.39 is 28.5 Å². The lowest BCUT2D eigenvalue weighted by Gasteiger charge is -2.34. The molecular formula is C34H42ClN3O4S. The summed E-state index contributed by atoms with van der Waals surface area (Å²) in [6.07, 6.45) is 5.53. The quantitative estimate of drug-likeness (QED) is 0.257. The molecule has 230 valence electrons. The van der Waals surface area contributed by atoms with Gasteiger partial charge in [-0.25, -0.2) is 8.42 Å². The molecule has 1 fully saturated rings. The van der Waals surface area contributed by atoms with Gasteiger partial charge in [-0.2, -0.15) is 0 Å². The Bertz CT molecular complexity index is 1540. The van der Waals surface area contributed by atoms with Gasteiger partial charge in [0.15, 0.2) is 0 Å². The van der Waals surface area contributed by atoms with E-state index >= 15 is 0 Å². The van der Waals surface area contributed by atoms with Crippen molar-refractivity contribution < 1.29 is 18.0 Å². The molecule has 3 aromatic carbocycles. The molecule has 0 bridgehead atoms. The van der Waals surface area contributed by atoms with Crippen LogP contribution in [0.15, 0.2) is 71.6 Å². The van der Waals surface area contributed by atoms with Gasteiger partial charge >= 0.3 is 0 Å². The van der Waals surface area contributed by atoms with Crippen LogP contribution in [0.25, 0.3) is 0 Å². The van der Waals surface area contributed by atoms with Gasteiger partial charge in [0, 0.05) is 17.6 Å². The summed E-state index contributed by atoms with van der Waals surface area (Å²) >= 11 is 6.44. The van der Waals surface area contributed by atoms with Gasteiger partial charge in [0.25, 0.3) is 10.0 Å². The molecule has 1 aliphatic rings. The van der Waals surface area contributed by atoms with Crippen molar-refractivity contribution in [2.75, 3.05) is 10.8 Å². The van der Waals surface area contributed by atoms with Crippen molar-refractivity contribution in [1.82, 2.24) is 10.2 Å². The van der Waals surface area contributed by atoms with Crippen LogP contribution in [0, 0.1) is 20.8 Å². The van der Waals surface area contributed by atoms with Crippen LogP contribution in [0.2, 0.25) is 5.02 Å². The number of nitrogens with one attached hydrogen (secondary N) is 1. The van der Waals surface area contributed by atoms with Gasteiger partial charge < -0.3 is 10.2 Å². The molecule has 0 saturated heterocycles. The van der Waals surface area contributed by atoms with Gasteiger partial charge in [-0.05, 0) is 81.0 Å². The standard InChI is InChI=1S/C34H42ClN3O4S/c1-5-32(34(40)36-28-13-7-6-8-14-28)37(22-27-12-10-9-11-25(27)3)33(39)23-38(29-18-17-26(4)31(35)21-29)43(41,42)30-19-15-24(2)16-20-30/h9-12,15-21,28,32H,5-8,13-14,22-23H2,1-4H3,(H,36,40)/t32-/m1/s1. The molecule has 43 heavy (non-hydrogen) atoms. The van der Waals surface area contributed by atoms with Crippen molar-refractivity contribution >= 4 is 39.1 Å². The smallest absolute Gasteiger partial charge is 0.264 e. The summed E-state index contributed by atoms with van der Waals surface area (Å²) in [6.45, 7) is 7.23. The van der Waals surface area contributed by atoms with Gasteiger partial charge in [0.2, 0.25) is 11.8 Å². The maximum atomic E-state index is 14.3. The number of carbonyl (C=O) groups excluding carboxylic acids is 2. The highest BCUT2D eigenvalue weighted by Crippen LogP contribution is 2.29. The first kappa shape index (κ1) is 32.6. The van der Waals surface area contributed by atoms with Crippen LogP contribution < -0.4 is 9.62 Å². The number of amides is 2. The Hall–Kier alpha value is -3.36. The lowest BCUT2D eigenvalue weighted by Crippen LogP contribution is -2.54. The highest BCUT2D eigenvalue weighted by Gasteiger charge is 2.34. The SMILES string of the molecule is CC[C@H](C(=O)NC1CCCCC1)N(Cc1ccccc1C)C(=O)CN(c1ccc(C)c(Cl)c1)S(=O)(=O)c1ccc(C)cc1. The van der Waals surface area contributed by atoms with Crippen LogP contribution in [-0.2, 0) is 26.2 Å². The summed E-state index contributed by atoms with van der Waals surface area (Å²) in [5.41, 5.74) is 3.86. The number of hydrogen-bond donors (Lipinski definition) is 1. The third kappa shape index (κ3) is 7.98. The second kappa shape index (κ2) is 14.4. The van der Waals surface area contributed by atoms with E-state index in [0.29, 0.717) is 11.4 Å². The number of anilines is 1. The number of carbonyl (C=O) groups is 2. The maximum Gasteiger partial charge on any atom is 0.264 e. The summed E-state index contributed by atoms with van der Waals surface area (Å²) in [7, 11) is -4.16. The maximum absolute atomic E-state index is 14.3. The monoisotopic (exact) mass is 623 g/mol. The van der Waals surface area contributed by atoms with Crippen molar-refractivity contribution in [1.29, 1.82) is 0 Å². The van der Waals surface area contributed by atoms with E-state index in [9.17, 15) is 18.0 Å². The largest absolute Gasteiger partial charge is 0.352 e. The lowest BCUT2D eigenvalue weighted by molar-refractivity contribution is -0.140. The first-order chi connectivity index (χ1) is 20.5. The van der Waals surface area contributed by atoms with Crippen molar-refractivity contribution in [3.05, 3.63) is 94.0 Å². The zero-order valence-electron chi connectivity index (χ0n) is 25.5. The summed E-state index contributed by atoms with van der Waals surface area (Å²) in [5, 5.41) is 3.58. The van der Waals surface area contributed by atoms with E-state index in [0.717, 1.165) is 58.7 Å². The van der Waals surface area contributed by atoms with E-state index in [2.05, 4.69) is 5.32 Å². The van der Waals surface area contributed by atoms with Crippen LogP contribution in [0.4, 0.5) is 5.69 Å². The average Bonchev–Trinajstić information content (AvgIpc) is 2.98. The molecule has 1 aliphatic carbocycles. The van der Waals surface area contributed by atoms with E-state index in [4.69, 9.17) is 11.6 Å². The predicted molar refractivity (Wildman–Crippen MR) is 173 cm³/mol. The number of nitrogens with zero attached hydrogens (tertiary/aromatic N) is 2. The normalized spacial score (nSPS) is 14.6. The molecule has 2 amide bonds. The third-order valence-electron chi connectivity index (χ3n) is 8.27. The van der Waals surface area contributed by atoms with Crippen molar-refractivity contribution in [3.8, 4) is 0 Å². The molecule has 1 N–H and O–H groups in total. The molecular weight excluding hydrogens is 582 g/mol. The molecule has 0 unspecified atom stereocenters. The fourth-order valence-corrected chi connectivity index (χ4v) is 7.12. The van der Waals surface area contributed by atoms with Crippen LogP contribution in [0.5, 0.6) is 0 Å². The summed E-state index contributed by atoms with van der Waals surface area (Å²) in [6, 6.07) is 18.5. The number of hydrogen-bond acceptors (Lipinski definition) is 4. The molecule has 1 atom stereocenters. The van der Waals surface area contributed by atoms with E-state index in [1.807, 2.05) is 52.0 Å². The molecule has 4 rings (SSSR count). The minimum absolute atomic E-state index is 0.0649. The van der Waals surface area contributed by atoms with Gasteiger partial charge in [-0.1, -0.05) is 85.8 Å². The number of sulfonamides is 1. The molecule has 7 nitrogen and oxygen atoms in total. The number of rotatable bonds is 11. The first-order valence-electron chi connectivity index (χ1n) is 15.0. The minimum Gasteiger partial charge on any atom is -0.352 e. The zero-order valence-corrected chi connectivity index (χ0v) is 27.0. The fraction of sp³-hybridized carbons (Fsp3) is 0.412.